The van der Waals surface area contributed by atoms with Gasteiger partial charge in [0.05, 0.1) is 13.7 Å². The summed E-state index contributed by atoms with van der Waals surface area (Å²) in [5.41, 5.74) is 2.58. The molecule has 0 fully saturated rings. The molecule has 1 aliphatic carbocycles. The molecule has 2 heterocycles. The van der Waals surface area contributed by atoms with E-state index in [0.29, 0.717) is 18.0 Å². The molecule has 0 saturated carbocycles. The van der Waals surface area contributed by atoms with Crippen molar-refractivity contribution in [3.8, 4) is 11.5 Å². The number of carbonyl (C=O) groups excluding carboxylic acids is 2. The first-order chi connectivity index (χ1) is 16.4. The number of fused-ring (bicyclic) bond motifs is 2. The summed E-state index contributed by atoms with van der Waals surface area (Å²) < 4.78 is 17.5. The lowest BCUT2D eigenvalue weighted by molar-refractivity contribution is -0.144. The lowest BCUT2D eigenvalue weighted by Crippen LogP contribution is -2.47. The third-order valence-electron chi connectivity index (χ3n) is 6.53. The fraction of sp³-hybridized carbons (Fsp3) is 0.500. The number of nitrogens with one attached hydrogen (secondary N) is 1. The second-order valence-corrected chi connectivity index (χ2v) is 9.24. The number of hydrogen-bond acceptors (Lipinski definition) is 6. The van der Waals surface area contributed by atoms with E-state index in [-0.39, 0.29) is 23.8 Å². The molecule has 1 aliphatic heterocycles. The zero-order valence-electron chi connectivity index (χ0n) is 20.0. The van der Waals surface area contributed by atoms with Gasteiger partial charge in [-0.25, -0.2) is 4.79 Å². The molecule has 0 radical (unpaired) electrons. The Morgan fingerprint density at radius 2 is 1.79 bits per heavy atom. The minimum Gasteiger partial charge on any atom is -0.467 e. The van der Waals surface area contributed by atoms with Gasteiger partial charge in [-0.15, -0.1) is 0 Å². The highest BCUT2D eigenvalue weighted by atomic mass is 16.7. The van der Waals surface area contributed by atoms with Crippen molar-refractivity contribution in [3.63, 3.8) is 0 Å². The minimum atomic E-state index is -0.832. The molecule has 182 valence electrons. The zero-order chi connectivity index (χ0) is 24.2. The summed E-state index contributed by atoms with van der Waals surface area (Å²) in [7, 11) is 1.29. The summed E-state index contributed by atoms with van der Waals surface area (Å²) in [5, 5.41) is 2.72. The molecule has 0 bridgehead atoms. The van der Waals surface area contributed by atoms with E-state index in [9.17, 15) is 14.4 Å². The highest BCUT2D eigenvalue weighted by Gasteiger charge is 2.28. The van der Waals surface area contributed by atoms with E-state index in [1.807, 2.05) is 32.0 Å². The van der Waals surface area contributed by atoms with Crippen LogP contribution < -0.4 is 20.3 Å². The average molecular weight is 469 g/mol. The maximum Gasteiger partial charge on any atom is 0.328 e. The number of pyridine rings is 1. The van der Waals surface area contributed by atoms with E-state index < -0.39 is 17.9 Å². The van der Waals surface area contributed by atoms with Crippen LogP contribution in [0.3, 0.4) is 0 Å². The summed E-state index contributed by atoms with van der Waals surface area (Å²) in [5.74, 6) is 0.0625. The number of ether oxygens (including phenoxy) is 3. The van der Waals surface area contributed by atoms with Gasteiger partial charge in [-0.05, 0) is 60.9 Å². The number of methoxy groups -OCH3 is 1. The Labute approximate surface area is 199 Å². The van der Waals surface area contributed by atoms with Crippen molar-refractivity contribution in [2.24, 2.45) is 5.92 Å². The fourth-order valence-electron chi connectivity index (χ4n) is 4.63. The van der Waals surface area contributed by atoms with Crippen molar-refractivity contribution < 1.29 is 23.8 Å². The fourth-order valence-corrected chi connectivity index (χ4v) is 4.63. The molecule has 8 heteroatoms. The maximum absolute atomic E-state index is 13.6. The van der Waals surface area contributed by atoms with Gasteiger partial charge < -0.3 is 24.1 Å². The van der Waals surface area contributed by atoms with Gasteiger partial charge in [0.2, 0.25) is 6.79 Å². The lowest BCUT2D eigenvalue weighted by atomic mass is 9.95. The number of benzene rings is 1. The number of esters is 1. The molecule has 0 spiro atoms. The van der Waals surface area contributed by atoms with Crippen LogP contribution in [0.4, 0.5) is 0 Å². The van der Waals surface area contributed by atoms with E-state index in [0.717, 1.165) is 55.3 Å². The Hall–Kier alpha value is -3.29. The highest BCUT2D eigenvalue weighted by Crippen LogP contribution is 2.33. The monoisotopic (exact) mass is 468 g/mol. The number of carbonyl (C=O) groups is 2. The quantitative estimate of drug-likeness (QED) is 0.654. The van der Waals surface area contributed by atoms with Crippen molar-refractivity contribution in [2.75, 3.05) is 13.9 Å². The zero-order valence-corrected chi connectivity index (χ0v) is 20.0. The molecule has 2 aliphatic rings. The number of aromatic nitrogens is 1. The molecule has 1 N–H and O–H groups in total. The van der Waals surface area contributed by atoms with Crippen molar-refractivity contribution in [3.05, 3.63) is 57.0 Å². The van der Waals surface area contributed by atoms with Crippen LogP contribution in [0.1, 0.15) is 66.7 Å². The SMILES string of the molecule is COC(=O)C(NC(=O)c1cc2c(n(Cc3ccc4c(c3)OCO4)c1=O)CCCCCC2)C(C)C. The van der Waals surface area contributed by atoms with Gasteiger partial charge in [0, 0.05) is 5.69 Å². The first-order valence-corrected chi connectivity index (χ1v) is 11.9. The molecular weight excluding hydrogens is 436 g/mol. The van der Waals surface area contributed by atoms with E-state index in [4.69, 9.17) is 14.2 Å². The molecule has 8 nitrogen and oxygen atoms in total. The lowest BCUT2D eigenvalue weighted by Gasteiger charge is -2.23. The van der Waals surface area contributed by atoms with Crippen LogP contribution >= 0.6 is 0 Å². The summed E-state index contributed by atoms with van der Waals surface area (Å²) in [6.07, 6.45) is 5.84. The molecule has 1 atom stereocenters. The minimum absolute atomic E-state index is 0.0506. The summed E-state index contributed by atoms with van der Waals surface area (Å²) in [6, 6.07) is 6.52. The number of rotatable bonds is 6. The van der Waals surface area contributed by atoms with Crippen LogP contribution in [-0.2, 0) is 28.9 Å². The van der Waals surface area contributed by atoms with E-state index in [2.05, 4.69) is 5.32 Å². The van der Waals surface area contributed by atoms with Gasteiger partial charge in [0.25, 0.3) is 11.5 Å². The van der Waals surface area contributed by atoms with Crippen molar-refractivity contribution in [1.29, 1.82) is 0 Å². The third kappa shape index (κ3) is 4.95. The summed E-state index contributed by atoms with van der Waals surface area (Å²) in [4.78, 5) is 39.0. The van der Waals surface area contributed by atoms with Gasteiger partial charge >= 0.3 is 5.97 Å². The molecule has 34 heavy (non-hydrogen) atoms. The van der Waals surface area contributed by atoms with Gasteiger partial charge in [-0.3, -0.25) is 9.59 Å². The van der Waals surface area contributed by atoms with Gasteiger partial charge in [0.1, 0.15) is 11.6 Å². The predicted molar refractivity (Wildman–Crippen MR) is 126 cm³/mol. The van der Waals surface area contributed by atoms with Crippen LogP contribution in [0, 0.1) is 5.92 Å². The first kappa shape index (κ1) is 23.9. The molecule has 1 unspecified atom stereocenters. The normalized spacial score (nSPS) is 15.8. The molecular formula is C26H32N2O6. The molecule has 4 rings (SSSR count). The topological polar surface area (TPSA) is 95.9 Å². The van der Waals surface area contributed by atoms with Gasteiger partial charge in [-0.2, -0.15) is 0 Å². The Kier molecular flexibility index (Phi) is 7.24. The molecule has 2 aromatic rings. The Bertz CT molecular complexity index is 1140. The Morgan fingerprint density at radius 3 is 2.53 bits per heavy atom. The molecule has 1 amide bonds. The van der Waals surface area contributed by atoms with E-state index >= 15 is 0 Å². The number of aryl methyl sites for hydroxylation is 1. The van der Waals surface area contributed by atoms with E-state index in [1.165, 1.54) is 7.11 Å². The van der Waals surface area contributed by atoms with Gasteiger partial charge in [0.15, 0.2) is 11.5 Å². The maximum atomic E-state index is 13.6. The average Bonchev–Trinajstić information content (AvgIpc) is 3.27. The van der Waals surface area contributed by atoms with Gasteiger partial charge in [-0.1, -0.05) is 32.8 Å². The molecule has 0 saturated heterocycles. The number of amides is 1. The van der Waals surface area contributed by atoms with E-state index in [1.54, 1.807) is 10.6 Å². The Balaban J connectivity index is 1.74. The first-order valence-electron chi connectivity index (χ1n) is 11.9. The van der Waals surface area contributed by atoms with Crippen LogP contribution in [-0.4, -0.2) is 36.4 Å². The number of nitrogens with zero attached hydrogens (tertiary/aromatic N) is 1. The summed E-state index contributed by atoms with van der Waals surface area (Å²) in [6.45, 7) is 4.14. The summed E-state index contributed by atoms with van der Waals surface area (Å²) >= 11 is 0. The van der Waals surface area contributed by atoms with Crippen LogP contribution in [0.15, 0.2) is 29.1 Å². The molecule has 1 aromatic heterocycles. The van der Waals surface area contributed by atoms with Crippen molar-refractivity contribution in [2.45, 2.75) is 65.0 Å². The largest absolute Gasteiger partial charge is 0.467 e. The highest BCUT2D eigenvalue weighted by molar-refractivity contribution is 5.96. The third-order valence-corrected chi connectivity index (χ3v) is 6.53. The van der Waals surface area contributed by atoms with Crippen LogP contribution in [0.2, 0.25) is 0 Å². The Morgan fingerprint density at radius 1 is 1.06 bits per heavy atom. The van der Waals surface area contributed by atoms with Crippen LogP contribution in [0.25, 0.3) is 0 Å². The van der Waals surface area contributed by atoms with Crippen molar-refractivity contribution >= 4 is 11.9 Å². The van der Waals surface area contributed by atoms with Crippen LogP contribution in [0.5, 0.6) is 11.5 Å². The standard InChI is InChI=1S/C26H32N2O6/c1-16(2)23(26(31)32-3)27-24(29)19-13-18-8-6-4-5-7-9-20(18)28(25(19)30)14-17-10-11-21-22(12-17)34-15-33-21/h10-13,16,23H,4-9,14-15H2,1-3H3,(H,27,29). The van der Waals surface area contributed by atoms with Crippen molar-refractivity contribution in [1.82, 2.24) is 9.88 Å². The second kappa shape index (κ2) is 10.3. The second-order valence-electron chi connectivity index (χ2n) is 9.24. The number of hydrogen-bond donors (Lipinski definition) is 1. The predicted octanol–water partition coefficient (Wildman–Crippen LogP) is 3.21. The smallest absolute Gasteiger partial charge is 0.328 e. The molecule has 1 aromatic carbocycles.